The fraction of sp³-hybridized carbons (Fsp3) is 0.556. The monoisotopic (exact) mass is 182 g/mol. The van der Waals surface area contributed by atoms with Crippen molar-refractivity contribution in [3.63, 3.8) is 0 Å². The Kier molecular flexibility index (Phi) is 2.98. The molecule has 0 aromatic carbocycles. The molecule has 0 aliphatic heterocycles. The summed E-state index contributed by atoms with van der Waals surface area (Å²) >= 11 is 5.13. The van der Waals surface area contributed by atoms with Gasteiger partial charge in [-0.1, -0.05) is 26.1 Å². The van der Waals surface area contributed by atoms with Crippen LogP contribution in [0.15, 0.2) is 0 Å². The minimum absolute atomic E-state index is 0.738. The lowest BCUT2D eigenvalue weighted by Crippen LogP contribution is -2.01. The Labute approximate surface area is 78.1 Å². The van der Waals surface area contributed by atoms with Crippen molar-refractivity contribution in [2.45, 2.75) is 33.6 Å². The van der Waals surface area contributed by atoms with E-state index < -0.39 is 0 Å². The Bertz CT molecular complexity index is 328. The summed E-state index contributed by atoms with van der Waals surface area (Å²) < 4.78 is 0.738. The lowest BCUT2D eigenvalue weighted by Gasteiger charge is -2.05. The summed E-state index contributed by atoms with van der Waals surface area (Å²) in [4.78, 5) is 7.53. The molecule has 0 unspecified atom stereocenters. The lowest BCUT2D eigenvalue weighted by atomic mass is 10.2. The van der Waals surface area contributed by atoms with Crippen LogP contribution in [0.2, 0.25) is 0 Å². The van der Waals surface area contributed by atoms with Gasteiger partial charge in [-0.05, 0) is 13.3 Å². The Morgan fingerprint density at radius 2 is 2.00 bits per heavy atom. The van der Waals surface area contributed by atoms with Crippen LogP contribution < -0.4 is 0 Å². The molecule has 0 fully saturated rings. The zero-order chi connectivity index (χ0) is 9.14. The maximum atomic E-state index is 5.13. The van der Waals surface area contributed by atoms with Crippen LogP contribution in [-0.4, -0.2) is 9.97 Å². The minimum Gasteiger partial charge on any atom is -0.347 e. The molecular formula is C9H14N2S. The second-order valence-electron chi connectivity index (χ2n) is 2.80. The van der Waals surface area contributed by atoms with E-state index in [1.807, 2.05) is 6.92 Å². The summed E-state index contributed by atoms with van der Waals surface area (Å²) in [5, 5.41) is 0. The predicted molar refractivity (Wildman–Crippen MR) is 52.9 cm³/mol. The van der Waals surface area contributed by atoms with Gasteiger partial charge in [-0.3, -0.25) is 0 Å². The lowest BCUT2D eigenvalue weighted by molar-refractivity contribution is 0.866. The molecule has 2 nitrogen and oxygen atoms in total. The standard InChI is InChI=1S/C9H14N2S/c1-4-7-6(3)9(12)11-8(5-2)10-7/h4-5H2,1-3H3,(H,10,11,12). The third kappa shape index (κ3) is 1.72. The maximum Gasteiger partial charge on any atom is 0.132 e. The molecule has 0 saturated heterocycles. The minimum atomic E-state index is 0.738. The van der Waals surface area contributed by atoms with Gasteiger partial charge in [0.05, 0.1) is 0 Å². The number of aromatic amines is 1. The number of aryl methyl sites for hydroxylation is 2. The van der Waals surface area contributed by atoms with E-state index in [1.165, 1.54) is 5.69 Å². The van der Waals surface area contributed by atoms with Crippen LogP contribution >= 0.6 is 12.2 Å². The first-order valence-corrected chi connectivity index (χ1v) is 4.68. The third-order valence-corrected chi connectivity index (χ3v) is 2.39. The van der Waals surface area contributed by atoms with Gasteiger partial charge in [0.1, 0.15) is 10.5 Å². The fourth-order valence-corrected chi connectivity index (χ4v) is 1.39. The van der Waals surface area contributed by atoms with Crippen molar-refractivity contribution in [1.29, 1.82) is 0 Å². The number of hydrogen-bond donors (Lipinski definition) is 1. The SMILES string of the molecule is CCc1nc(=S)c(C)c(CC)[nH]1. The first-order chi connectivity index (χ1) is 5.69. The normalized spacial score (nSPS) is 10.2. The quantitative estimate of drug-likeness (QED) is 0.712. The van der Waals surface area contributed by atoms with Crippen molar-refractivity contribution < 1.29 is 0 Å². The highest BCUT2D eigenvalue weighted by Gasteiger charge is 2.00. The number of H-pyrrole nitrogens is 1. The molecule has 1 aromatic rings. The topological polar surface area (TPSA) is 28.7 Å². The molecule has 0 aliphatic rings. The van der Waals surface area contributed by atoms with Gasteiger partial charge in [-0.2, -0.15) is 0 Å². The van der Waals surface area contributed by atoms with Gasteiger partial charge in [0.2, 0.25) is 0 Å². The zero-order valence-corrected chi connectivity index (χ0v) is 8.59. The van der Waals surface area contributed by atoms with Crippen molar-refractivity contribution in [3.05, 3.63) is 21.7 Å². The van der Waals surface area contributed by atoms with Gasteiger partial charge in [-0.25, -0.2) is 4.98 Å². The van der Waals surface area contributed by atoms with Crippen LogP contribution in [0.4, 0.5) is 0 Å². The smallest absolute Gasteiger partial charge is 0.132 e. The van der Waals surface area contributed by atoms with Crippen LogP contribution in [0.25, 0.3) is 0 Å². The summed E-state index contributed by atoms with van der Waals surface area (Å²) in [6, 6.07) is 0. The second kappa shape index (κ2) is 3.81. The van der Waals surface area contributed by atoms with Gasteiger partial charge in [0.15, 0.2) is 0 Å². The zero-order valence-electron chi connectivity index (χ0n) is 7.77. The van der Waals surface area contributed by atoms with E-state index >= 15 is 0 Å². The van der Waals surface area contributed by atoms with E-state index in [4.69, 9.17) is 12.2 Å². The molecule has 1 rings (SSSR count). The Morgan fingerprint density at radius 3 is 2.50 bits per heavy atom. The highest BCUT2D eigenvalue weighted by molar-refractivity contribution is 7.71. The fourth-order valence-electron chi connectivity index (χ4n) is 1.15. The Morgan fingerprint density at radius 1 is 1.33 bits per heavy atom. The van der Waals surface area contributed by atoms with E-state index in [1.54, 1.807) is 0 Å². The first-order valence-electron chi connectivity index (χ1n) is 4.27. The van der Waals surface area contributed by atoms with Crippen LogP contribution in [0, 0.1) is 11.6 Å². The number of aromatic nitrogens is 2. The summed E-state index contributed by atoms with van der Waals surface area (Å²) in [6.07, 6.45) is 1.90. The van der Waals surface area contributed by atoms with Gasteiger partial charge >= 0.3 is 0 Å². The van der Waals surface area contributed by atoms with Crippen molar-refractivity contribution >= 4 is 12.2 Å². The highest BCUT2D eigenvalue weighted by Crippen LogP contribution is 2.07. The van der Waals surface area contributed by atoms with Crippen LogP contribution in [0.3, 0.4) is 0 Å². The number of nitrogens with zero attached hydrogens (tertiary/aromatic N) is 1. The summed E-state index contributed by atoms with van der Waals surface area (Å²) in [5.74, 6) is 0.988. The number of hydrogen-bond acceptors (Lipinski definition) is 2. The molecule has 3 heteroatoms. The summed E-state index contributed by atoms with van der Waals surface area (Å²) in [5.41, 5.74) is 2.33. The molecule has 0 radical (unpaired) electrons. The van der Waals surface area contributed by atoms with Crippen molar-refractivity contribution in [3.8, 4) is 0 Å². The molecule has 1 N–H and O–H groups in total. The number of rotatable bonds is 2. The van der Waals surface area contributed by atoms with Gasteiger partial charge in [0, 0.05) is 17.7 Å². The van der Waals surface area contributed by atoms with Crippen molar-refractivity contribution in [2.24, 2.45) is 0 Å². The maximum absolute atomic E-state index is 5.13. The highest BCUT2D eigenvalue weighted by atomic mass is 32.1. The Hall–Kier alpha value is -0.700. The largest absolute Gasteiger partial charge is 0.347 e. The molecule has 0 spiro atoms. The summed E-state index contributed by atoms with van der Waals surface area (Å²) in [6.45, 7) is 6.21. The summed E-state index contributed by atoms with van der Waals surface area (Å²) in [7, 11) is 0. The predicted octanol–water partition coefficient (Wildman–Crippen LogP) is 2.57. The Balaban J connectivity index is 3.29. The van der Waals surface area contributed by atoms with Crippen LogP contribution in [0.1, 0.15) is 30.9 Å². The van der Waals surface area contributed by atoms with Gasteiger partial charge in [-0.15, -0.1) is 0 Å². The average molecular weight is 182 g/mol. The van der Waals surface area contributed by atoms with Gasteiger partial charge in [0.25, 0.3) is 0 Å². The van der Waals surface area contributed by atoms with Gasteiger partial charge < -0.3 is 4.98 Å². The number of nitrogens with one attached hydrogen (secondary N) is 1. The first kappa shape index (κ1) is 9.39. The second-order valence-corrected chi connectivity index (χ2v) is 3.19. The van der Waals surface area contributed by atoms with E-state index in [0.717, 1.165) is 28.9 Å². The van der Waals surface area contributed by atoms with E-state index in [-0.39, 0.29) is 0 Å². The van der Waals surface area contributed by atoms with E-state index in [0.29, 0.717) is 0 Å². The van der Waals surface area contributed by atoms with Crippen LogP contribution in [0.5, 0.6) is 0 Å². The molecule has 1 aromatic heterocycles. The molecule has 0 bridgehead atoms. The van der Waals surface area contributed by atoms with Crippen LogP contribution in [-0.2, 0) is 12.8 Å². The van der Waals surface area contributed by atoms with E-state index in [9.17, 15) is 0 Å². The average Bonchev–Trinajstić information content (AvgIpc) is 2.09. The van der Waals surface area contributed by atoms with Crippen molar-refractivity contribution in [2.75, 3.05) is 0 Å². The molecule has 0 atom stereocenters. The third-order valence-electron chi connectivity index (χ3n) is 1.99. The molecule has 0 amide bonds. The molecular weight excluding hydrogens is 168 g/mol. The van der Waals surface area contributed by atoms with E-state index in [2.05, 4.69) is 23.8 Å². The molecule has 1 heterocycles. The molecule has 12 heavy (non-hydrogen) atoms. The molecule has 66 valence electrons. The molecule has 0 saturated carbocycles. The molecule has 0 aliphatic carbocycles. The van der Waals surface area contributed by atoms with Crippen molar-refractivity contribution in [1.82, 2.24) is 9.97 Å².